The third kappa shape index (κ3) is 10.0. The number of anilines is 2. The lowest BCUT2D eigenvalue weighted by Gasteiger charge is -2.39. The van der Waals surface area contributed by atoms with E-state index in [4.69, 9.17) is 25.8 Å². The molecular formula is C40H37ClFN3O9S2. The predicted octanol–water partition coefficient (Wildman–Crippen LogP) is 6.77. The van der Waals surface area contributed by atoms with E-state index in [1.54, 1.807) is 66.7 Å². The Kier molecular flexibility index (Phi) is 12.3. The van der Waals surface area contributed by atoms with E-state index < -0.39 is 32.0 Å². The molecule has 0 spiro atoms. The summed E-state index contributed by atoms with van der Waals surface area (Å²) in [7, 11) is -5.53. The lowest BCUT2D eigenvalue weighted by atomic mass is 10.1. The first-order valence-corrected chi connectivity index (χ1v) is 20.7. The molecule has 56 heavy (non-hydrogen) atoms. The summed E-state index contributed by atoms with van der Waals surface area (Å²) in [5.74, 6) is -1.74. The molecule has 0 saturated carbocycles. The number of aryl methyl sites for hydroxylation is 1. The molecule has 1 saturated heterocycles. The van der Waals surface area contributed by atoms with E-state index in [9.17, 15) is 30.8 Å². The number of rotatable bonds is 15. The Morgan fingerprint density at radius 2 is 1.29 bits per heavy atom. The number of hydrogen-bond donors (Lipinski definition) is 2. The van der Waals surface area contributed by atoms with Gasteiger partial charge in [0, 0.05) is 24.7 Å². The molecule has 0 bridgehead atoms. The van der Waals surface area contributed by atoms with Crippen LogP contribution in [-0.2, 0) is 42.5 Å². The summed E-state index contributed by atoms with van der Waals surface area (Å²) in [4.78, 5) is 27.4. The fourth-order valence-corrected chi connectivity index (χ4v) is 8.32. The number of sulfonamides is 2. The minimum atomic E-state index is -4.12. The molecular weight excluding hydrogens is 785 g/mol. The molecule has 0 atom stereocenters. The summed E-state index contributed by atoms with van der Waals surface area (Å²) in [5, 5.41) is 0.550. The average Bonchev–Trinajstić information content (AvgIpc) is 3.17. The molecule has 12 nitrogen and oxygen atoms in total. The largest absolute Gasteiger partial charge is 0.488 e. The minimum Gasteiger partial charge on any atom is -0.488 e. The third-order valence-corrected chi connectivity index (χ3v) is 11.8. The number of halogens is 2. The summed E-state index contributed by atoms with van der Waals surface area (Å²) in [6.45, 7) is 1.40. The Morgan fingerprint density at radius 3 is 1.91 bits per heavy atom. The van der Waals surface area contributed by atoms with Gasteiger partial charge in [-0.1, -0.05) is 54.1 Å². The van der Waals surface area contributed by atoms with E-state index in [2.05, 4.69) is 9.44 Å². The van der Waals surface area contributed by atoms with Crippen LogP contribution in [0, 0.1) is 5.82 Å². The van der Waals surface area contributed by atoms with Gasteiger partial charge in [-0.15, -0.1) is 0 Å². The zero-order valence-electron chi connectivity index (χ0n) is 30.2. The molecule has 0 amide bonds. The first-order valence-electron chi connectivity index (χ1n) is 17.2. The number of nitrogens with one attached hydrogen (secondary N) is 2. The number of nitrogens with zero attached hydrogens (tertiary/aromatic N) is 1. The highest BCUT2D eigenvalue weighted by molar-refractivity contribution is 7.93. The van der Waals surface area contributed by atoms with Crippen molar-refractivity contribution in [3.8, 4) is 16.9 Å². The van der Waals surface area contributed by atoms with E-state index in [1.165, 1.54) is 56.7 Å². The number of esters is 2. The standard InChI is InChI=1S/C40H37ClFN3O9S2/c1-52-39(46)35-21-27(5-17-37(35)43-55(48,49)20-19-26-3-10-30(41)11-4-26)23-45-24-33(25-45)54-32-14-18-38(36(22-32)40(47)53-2)44-56(50,51)34-15-8-29(9-16-34)28-6-12-31(42)13-7-28/h3-18,21-22,33,43-44H,19-20,23-25H2,1-2H3. The molecule has 0 aliphatic carbocycles. The van der Waals surface area contributed by atoms with E-state index in [0.29, 0.717) is 41.5 Å². The van der Waals surface area contributed by atoms with E-state index in [0.717, 1.165) is 11.1 Å². The second kappa shape index (κ2) is 17.1. The van der Waals surface area contributed by atoms with Gasteiger partial charge in [0.15, 0.2) is 0 Å². The van der Waals surface area contributed by atoms with Gasteiger partial charge in [0.25, 0.3) is 10.0 Å². The van der Waals surface area contributed by atoms with Crippen molar-refractivity contribution in [1.29, 1.82) is 0 Å². The predicted molar refractivity (Wildman–Crippen MR) is 210 cm³/mol. The Hall–Kier alpha value is -5.48. The SMILES string of the molecule is COC(=O)c1cc(CN2CC(Oc3ccc(NS(=O)(=O)c4ccc(-c5ccc(F)cc5)cc4)c(C(=O)OC)c3)C2)ccc1NS(=O)(=O)CCc1ccc(Cl)cc1. The van der Waals surface area contributed by atoms with Crippen molar-refractivity contribution in [2.24, 2.45) is 0 Å². The van der Waals surface area contributed by atoms with Gasteiger partial charge < -0.3 is 14.2 Å². The van der Waals surface area contributed by atoms with E-state index in [-0.39, 0.29) is 51.5 Å². The van der Waals surface area contributed by atoms with Crippen LogP contribution in [0.3, 0.4) is 0 Å². The Labute approximate surface area is 329 Å². The molecule has 1 fully saturated rings. The molecule has 292 valence electrons. The zero-order chi connectivity index (χ0) is 40.0. The van der Waals surface area contributed by atoms with Crippen LogP contribution in [0.15, 0.2) is 114 Å². The normalized spacial score (nSPS) is 13.4. The van der Waals surface area contributed by atoms with Crippen LogP contribution in [0.2, 0.25) is 5.02 Å². The Bertz CT molecular complexity index is 2440. The van der Waals surface area contributed by atoms with E-state index in [1.807, 2.05) is 4.90 Å². The first-order chi connectivity index (χ1) is 26.7. The van der Waals surface area contributed by atoms with Crippen LogP contribution in [0.5, 0.6) is 5.75 Å². The third-order valence-electron chi connectivity index (χ3n) is 8.94. The lowest BCUT2D eigenvalue weighted by molar-refractivity contribution is 0.0144. The van der Waals surface area contributed by atoms with Crippen molar-refractivity contribution in [2.45, 2.75) is 24.0 Å². The highest BCUT2D eigenvalue weighted by atomic mass is 35.5. The molecule has 0 radical (unpaired) electrons. The Morgan fingerprint density at radius 1 is 0.732 bits per heavy atom. The van der Waals surface area contributed by atoms with Crippen molar-refractivity contribution in [3.05, 3.63) is 142 Å². The van der Waals surface area contributed by atoms with Crippen LogP contribution < -0.4 is 14.2 Å². The maximum absolute atomic E-state index is 13.3. The quantitative estimate of drug-likeness (QED) is 0.108. The number of hydrogen-bond acceptors (Lipinski definition) is 10. The second-order valence-electron chi connectivity index (χ2n) is 12.9. The number of carbonyl (C=O) groups is 2. The molecule has 5 aromatic carbocycles. The molecule has 1 heterocycles. The number of methoxy groups -OCH3 is 2. The molecule has 0 aromatic heterocycles. The molecule has 1 aliphatic rings. The van der Waals surface area contributed by atoms with Gasteiger partial charge in [-0.05, 0) is 95.4 Å². The minimum absolute atomic E-state index is 0.00394. The fourth-order valence-electron chi connectivity index (χ4n) is 5.99. The number of ether oxygens (including phenoxy) is 3. The summed E-state index contributed by atoms with van der Waals surface area (Å²) in [5.41, 5.74) is 3.07. The summed E-state index contributed by atoms with van der Waals surface area (Å²) in [6.07, 6.45) is -0.0188. The fraction of sp³-hybridized carbons (Fsp3) is 0.200. The van der Waals surface area contributed by atoms with Crippen LogP contribution in [0.4, 0.5) is 15.8 Å². The second-order valence-corrected chi connectivity index (χ2v) is 16.9. The first kappa shape index (κ1) is 40.2. The zero-order valence-corrected chi connectivity index (χ0v) is 32.6. The van der Waals surface area contributed by atoms with E-state index >= 15 is 0 Å². The van der Waals surface area contributed by atoms with Gasteiger partial charge in [0.2, 0.25) is 10.0 Å². The average molecular weight is 822 g/mol. The van der Waals surface area contributed by atoms with Crippen LogP contribution in [0.25, 0.3) is 11.1 Å². The van der Waals surface area contributed by atoms with Crippen molar-refractivity contribution in [1.82, 2.24) is 4.90 Å². The summed E-state index contributed by atoms with van der Waals surface area (Å²) >= 11 is 5.92. The van der Waals surface area contributed by atoms with Gasteiger partial charge in [0.05, 0.1) is 47.4 Å². The maximum atomic E-state index is 13.3. The van der Waals surface area contributed by atoms with Crippen molar-refractivity contribution >= 4 is 55.0 Å². The van der Waals surface area contributed by atoms with Gasteiger partial charge in [-0.25, -0.2) is 30.8 Å². The van der Waals surface area contributed by atoms with Crippen LogP contribution in [-0.4, -0.2) is 72.8 Å². The topological polar surface area (TPSA) is 157 Å². The van der Waals surface area contributed by atoms with Gasteiger partial charge in [-0.2, -0.15) is 0 Å². The molecule has 0 unspecified atom stereocenters. The maximum Gasteiger partial charge on any atom is 0.340 e. The monoisotopic (exact) mass is 821 g/mol. The van der Waals surface area contributed by atoms with Crippen molar-refractivity contribution < 1.29 is 45.0 Å². The Balaban J connectivity index is 1.07. The molecule has 6 rings (SSSR count). The highest BCUT2D eigenvalue weighted by Gasteiger charge is 2.30. The molecule has 1 aliphatic heterocycles. The number of benzene rings is 5. The van der Waals surface area contributed by atoms with Crippen molar-refractivity contribution in [2.75, 3.05) is 42.5 Å². The smallest absolute Gasteiger partial charge is 0.340 e. The summed E-state index contributed by atoms with van der Waals surface area (Å²) in [6, 6.07) is 27.9. The van der Waals surface area contributed by atoms with Crippen LogP contribution >= 0.6 is 11.6 Å². The summed E-state index contributed by atoms with van der Waals surface area (Å²) < 4.78 is 86.6. The molecule has 5 aromatic rings. The van der Waals surface area contributed by atoms with Crippen LogP contribution in [0.1, 0.15) is 31.8 Å². The molecule has 16 heteroatoms. The van der Waals surface area contributed by atoms with Gasteiger partial charge in [0.1, 0.15) is 17.7 Å². The lowest BCUT2D eigenvalue weighted by Crippen LogP contribution is -2.53. The number of likely N-dealkylation sites (tertiary alicyclic amines) is 1. The van der Waals surface area contributed by atoms with Gasteiger partial charge >= 0.3 is 11.9 Å². The van der Waals surface area contributed by atoms with Gasteiger partial charge in [-0.3, -0.25) is 14.3 Å². The molecule has 2 N–H and O–H groups in total. The van der Waals surface area contributed by atoms with Crippen molar-refractivity contribution in [3.63, 3.8) is 0 Å². The highest BCUT2D eigenvalue weighted by Crippen LogP contribution is 2.30. The number of carbonyl (C=O) groups excluding carboxylic acids is 2.